The van der Waals surface area contributed by atoms with E-state index in [0.29, 0.717) is 11.4 Å². The molecule has 0 spiro atoms. The summed E-state index contributed by atoms with van der Waals surface area (Å²) in [5, 5.41) is 17.5. The summed E-state index contributed by atoms with van der Waals surface area (Å²) in [5.41, 5.74) is 0.934. The molecule has 0 aliphatic carbocycles. The molecule has 2 heterocycles. The average Bonchev–Trinajstić information content (AvgIpc) is 2.38. The molecule has 2 N–H and O–H groups in total. The predicted molar refractivity (Wildman–Crippen MR) is 74.3 cm³/mol. The van der Waals surface area contributed by atoms with Gasteiger partial charge in [-0.15, -0.1) is 0 Å². The van der Waals surface area contributed by atoms with Gasteiger partial charge in [-0.2, -0.15) is 0 Å². The first-order valence-corrected chi connectivity index (χ1v) is 6.56. The zero-order valence-corrected chi connectivity index (χ0v) is 11.4. The van der Waals surface area contributed by atoms with Crippen LogP contribution in [-0.2, 0) is 0 Å². The summed E-state index contributed by atoms with van der Waals surface area (Å²) in [6.45, 7) is 6.79. The maximum atomic E-state index is 10.9. The number of piperidine rings is 1. The van der Waals surface area contributed by atoms with E-state index < -0.39 is 0 Å². The van der Waals surface area contributed by atoms with Crippen molar-refractivity contribution < 1.29 is 4.92 Å². The maximum Gasteiger partial charge on any atom is 0.277 e. The van der Waals surface area contributed by atoms with Gasteiger partial charge in [0.15, 0.2) is 0 Å². The van der Waals surface area contributed by atoms with Gasteiger partial charge in [0.1, 0.15) is 5.82 Å². The van der Waals surface area contributed by atoms with E-state index in [2.05, 4.69) is 22.5 Å². The number of aryl methyl sites for hydroxylation is 1. The molecule has 0 atom stereocenters. The minimum Gasteiger partial charge on any atom is -0.369 e. The zero-order chi connectivity index (χ0) is 13.9. The largest absolute Gasteiger partial charge is 0.369 e. The Morgan fingerprint density at radius 1 is 1.53 bits per heavy atom. The fourth-order valence-electron chi connectivity index (χ4n) is 2.32. The average molecular weight is 264 g/mol. The van der Waals surface area contributed by atoms with Gasteiger partial charge in [-0.1, -0.05) is 6.92 Å². The molecule has 0 aromatic carbocycles. The number of rotatable bonds is 4. The lowest BCUT2D eigenvalue weighted by Crippen LogP contribution is -2.39. The molecule has 0 bridgehead atoms. The summed E-state index contributed by atoms with van der Waals surface area (Å²) in [7, 11) is 0. The summed E-state index contributed by atoms with van der Waals surface area (Å²) in [6, 6.07) is 1.51. The normalized spacial score (nSPS) is 18.0. The summed E-state index contributed by atoms with van der Waals surface area (Å²) in [6.07, 6.45) is 3.76. The number of nitrogens with zero attached hydrogens (tertiary/aromatic N) is 2. The first-order chi connectivity index (χ1) is 9.00. The fourth-order valence-corrected chi connectivity index (χ4v) is 2.32. The third kappa shape index (κ3) is 3.41. The molecule has 1 aliphatic heterocycles. The van der Waals surface area contributed by atoms with Crippen LogP contribution in [0.5, 0.6) is 0 Å². The van der Waals surface area contributed by atoms with Crippen LogP contribution in [0, 0.1) is 22.5 Å². The molecule has 0 unspecified atom stereocenters. The highest BCUT2D eigenvalue weighted by Crippen LogP contribution is 2.28. The zero-order valence-electron chi connectivity index (χ0n) is 11.4. The minimum atomic E-state index is -0.367. The topological polar surface area (TPSA) is 80.1 Å². The van der Waals surface area contributed by atoms with Crippen molar-refractivity contribution in [2.45, 2.75) is 26.7 Å². The van der Waals surface area contributed by atoms with Crippen LogP contribution in [0.4, 0.5) is 11.5 Å². The van der Waals surface area contributed by atoms with Crippen molar-refractivity contribution in [3.63, 3.8) is 0 Å². The molecule has 6 nitrogen and oxygen atoms in total. The number of hydrogen-bond donors (Lipinski definition) is 2. The van der Waals surface area contributed by atoms with E-state index >= 15 is 0 Å². The van der Waals surface area contributed by atoms with Crippen molar-refractivity contribution in [2.24, 2.45) is 5.41 Å². The smallest absolute Gasteiger partial charge is 0.277 e. The Balaban J connectivity index is 2.03. The Bertz CT molecular complexity index is 470. The van der Waals surface area contributed by atoms with Crippen molar-refractivity contribution in [1.82, 2.24) is 10.3 Å². The molecule has 2 rings (SSSR count). The molecular weight excluding hydrogens is 244 g/mol. The van der Waals surface area contributed by atoms with E-state index in [1.165, 1.54) is 6.07 Å². The Morgan fingerprint density at radius 3 is 2.84 bits per heavy atom. The number of nitrogens with one attached hydrogen (secondary N) is 2. The second-order valence-corrected chi connectivity index (χ2v) is 5.53. The van der Waals surface area contributed by atoms with E-state index in [4.69, 9.17) is 0 Å². The molecule has 1 aliphatic rings. The van der Waals surface area contributed by atoms with E-state index in [0.717, 1.165) is 32.5 Å². The molecule has 6 heteroatoms. The highest BCUT2D eigenvalue weighted by Gasteiger charge is 2.26. The minimum absolute atomic E-state index is 0.118. The molecule has 19 heavy (non-hydrogen) atoms. The van der Waals surface area contributed by atoms with Crippen LogP contribution in [0.25, 0.3) is 0 Å². The second kappa shape index (κ2) is 5.52. The van der Waals surface area contributed by atoms with Crippen molar-refractivity contribution in [2.75, 3.05) is 25.0 Å². The summed E-state index contributed by atoms with van der Waals surface area (Å²) in [5.74, 6) is 0.581. The van der Waals surface area contributed by atoms with Gasteiger partial charge >= 0.3 is 0 Å². The Kier molecular flexibility index (Phi) is 3.99. The summed E-state index contributed by atoms with van der Waals surface area (Å²) >= 11 is 0. The van der Waals surface area contributed by atoms with Gasteiger partial charge in [0.2, 0.25) is 0 Å². The van der Waals surface area contributed by atoms with Gasteiger partial charge in [0.05, 0.1) is 11.0 Å². The van der Waals surface area contributed by atoms with Gasteiger partial charge in [-0.25, -0.2) is 4.98 Å². The number of hydrogen-bond acceptors (Lipinski definition) is 5. The molecule has 0 saturated carbocycles. The van der Waals surface area contributed by atoms with E-state index in [1.54, 1.807) is 13.1 Å². The van der Waals surface area contributed by atoms with Crippen LogP contribution in [0.1, 0.15) is 25.3 Å². The van der Waals surface area contributed by atoms with Crippen LogP contribution >= 0.6 is 0 Å². The van der Waals surface area contributed by atoms with Crippen LogP contribution in [0.15, 0.2) is 12.3 Å². The first kappa shape index (κ1) is 13.7. The SMILES string of the molecule is Cc1cnc(NCC2(C)CCNCC2)cc1[N+](=O)[O-]. The Hall–Kier alpha value is -1.69. The van der Waals surface area contributed by atoms with Gasteiger partial charge < -0.3 is 10.6 Å². The van der Waals surface area contributed by atoms with E-state index in [-0.39, 0.29) is 16.0 Å². The standard InChI is InChI=1S/C13H20N4O2/c1-10-8-15-12(7-11(10)17(18)19)16-9-13(2)3-5-14-6-4-13/h7-8,14H,3-6,9H2,1-2H3,(H,15,16). The molecule has 104 valence electrons. The number of pyridine rings is 1. The summed E-state index contributed by atoms with van der Waals surface area (Å²) < 4.78 is 0. The van der Waals surface area contributed by atoms with E-state index in [9.17, 15) is 10.1 Å². The number of aromatic nitrogens is 1. The molecule has 1 aromatic heterocycles. The lowest BCUT2D eigenvalue weighted by atomic mass is 9.81. The predicted octanol–water partition coefficient (Wildman–Crippen LogP) is 2.10. The second-order valence-electron chi connectivity index (χ2n) is 5.53. The third-order valence-corrected chi connectivity index (χ3v) is 3.78. The highest BCUT2D eigenvalue weighted by molar-refractivity contribution is 5.49. The first-order valence-electron chi connectivity index (χ1n) is 6.56. The number of nitro groups is 1. The maximum absolute atomic E-state index is 10.9. The van der Waals surface area contributed by atoms with Crippen molar-refractivity contribution in [1.29, 1.82) is 0 Å². The molecule has 1 fully saturated rings. The van der Waals surface area contributed by atoms with E-state index in [1.807, 2.05) is 0 Å². The van der Waals surface area contributed by atoms with Gasteiger partial charge in [-0.05, 0) is 38.3 Å². The monoisotopic (exact) mass is 264 g/mol. The Labute approximate surface area is 112 Å². The highest BCUT2D eigenvalue weighted by atomic mass is 16.6. The third-order valence-electron chi connectivity index (χ3n) is 3.78. The molecule has 1 saturated heterocycles. The van der Waals surface area contributed by atoms with Gasteiger partial charge in [0.25, 0.3) is 5.69 Å². The van der Waals surface area contributed by atoms with Gasteiger partial charge in [0, 0.05) is 18.3 Å². The molecule has 1 aromatic rings. The van der Waals surface area contributed by atoms with Crippen LogP contribution < -0.4 is 10.6 Å². The quantitative estimate of drug-likeness (QED) is 0.643. The fraction of sp³-hybridized carbons (Fsp3) is 0.615. The lowest BCUT2D eigenvalue weighted by Gasteiger charge is -2.34. The van der Waals surface area contributed by atoms with Crippen molar-refractivity contribution in [3.8, 4) is 0 Å². The molecular formula is C13H20N4O2. The molecule has 0 amide bonds. The van der Waals surface area contributed by atoms with Crippen molar-refractivity contribution >= 4 is 11.5 Å². The van der Waals surface area contributed by atoms with Crippen molar-refractivity contribution in [3.05, 3.63) is 27.9 Å². The molecule has 0 radical (unpaired) electrons. The summed E-state index contributed by atoms with van der Waals surface area (Å²) in [4.78, 5) is 14.7. The van der Waals surface area contributed by atoms with Crippen LogP contribution in [0.3, 0.4) is 0 Å². The lowest BCUT2D eigenvalue weighted by molar-refractivity contribution is -0.385. The Morgan fingerprint density at radius 2 is 2.21 bits per heavy atom. The van der Waals surface area contributed by atoms with Gasteiger partial charge in [-0.3, -0.25) is 10.1 Å². The van der Waals surface area contributed by atoms with Crippen LogP contribution in [-0.4, -0.2) is 29.5 Å². The van der Waals surface area contributed by atoms with Crippen LogP contribution in [0.2, 0.25) is 0 Å². The number of anilines is 1.